The second kappa shape index (κ2) is 6.77. The highest BCUT2D eigenvalue weighted by molar-refractivity contribution is 8.26. The number of carbonyl (C=O) groups excluding carboxylic acids is 1. The van der Waals surface area contributed by atoms with Crippen LogP contribution in [0.3, 0.4) is 0 Å². The number of amides is 1. The van der Waals surface area contributed by atoms with Crippen LogP contribution in [0.25, 0.3) is 17.4 Å². The highest BCUT2D eigenvalue weighted by atomic mass is 32.2. The van der Waals surface area contributed by atoms with Crippen molar-refractivity contribution in [3.63, 3.8) is 0 Å². The summed E-state index contributed by atoms with van der Waals surface area (Å²) in [4.78, 5) is 15.0. The normalized spacial score (nSPS) is 20.2. The molecule has 2 aromatic rings. The Morgan fingerprint density at radius 2 is 1.96 bits per heavy atom. The zero-order valence-corrected chi connectivity index (χ0v) is 15.0. The summed E-state index contributed by atoms with van der Waals surface area (Å²) in [6, 6.07) is 10.1. The standard InChI is InChI=1S/C19H16FNO2S2/c20-15-8-4-3-7-14(15)16-10-9-13(23-16)11-17-18(22)21(19(24)25-17)12-5-1-2-6-12/h3-4,7-12H,1-2,5-6H2. The Morgan fingerprint density at radius 3 is 2.72 bits per heavy atom. The zero-order valence-electron chi connectivity index (χ0n) is 13.4. The predicted molar refractivity (Wildman–Crippen MR) is 101 cm³/mol. The van der Waals surface area contributed by atoms with Gasteiger partial charge in [0.2, 0.25) is 0 Å². The summed E-state index contributed by atoms with van der Waals surface area (Å²) in [5, 5.41) is 0. The molecule has 0 unspecified atom stereocenters. The molecule has 1 saturated heterocycles. The summed E-state index contributed by atoms with van der Waals surface area (Å²) in [6.07, 6.45) is 6.00. The van der Waals surface area contributed by atoms with Crippen molar-refractivity contribution in [2.45, 2.75) is 31.7 Å². The maximum absolute atomic E-state index is 13.9. The largest absolute Gasteiger partial charge is 0.457 e. The van der Waals surface area contributed by atoms with E-state index in [1.807, 2.05) is 0 Å². The van der Waals surface area contributed by atoms with Gasteiger partial charge < -0.3 is 4.42 Å². The Balaban J connectivity index is 1.58. The van der Waals surface area contributed by atoms with Gasteiger partial charge in [-0.15, -0.1) is 0 Å². The molecule has 128 valence electrons. The first kappa shape index (κ1) is 16.5. The zero-order chi connectivity index (χ0) is 17.4. The van der Waals surface area contributed by atoms with Crippen molar-refractivity contribution in [2.24, 2.45) is 0 Å². The van der Waals surface area contributed by atoms with Gasteiger partial charge in [0.05, 0.1) is 10.5 Å². The van der Waals surface area contributed by atoms with Crippen molar-refractivity contribution < 1.29 is 13.6 Å². The SMILES string of the molecule is O=C1C(=Cc2ccc(-c3ccccc3F)o2)SC(=S)N1C1CCCC1. The van der Waals surface area contributed by atoms with Gasteiger partial charge in [-0.3, -0.25) is 9.69 Å². The number of halogens is 1. The van der Waals surface area contributed by atoms with E-state index >= 15 is 0 Å². The smallest absolute Gasteiger partial charge is 0.266 e. The summed E-state index contributed by atoms with van der Waals surface area (Å²) in [7, 11) is 0. The van der Waals surface area contributed by atoms with E-state index in [-0.39, 0.29) is 17.8 Å². The van der Waals surface area contributed by atoms with E-state index in [2.05, 4.69) is 0 Å². The average Bonchev–Trinajstić information content (AvgIpc) is 3.31. The highest BCUT2D eigenvalue weighted by Gasteiger charge is 2.38. The van der Waals surface area contributed by atoms with E-state index in [0.29, 0.717) is 26.3 Å². The Hall–Kier alpha value is -1.92. The van der Waals surface area contributed by atoms with Gasteiger partial charge in [-0.25, -0.2) is 4.39 Å². The van der Waals surface area contributed by atoms with Crippen LogP contribution in [0.2, 0.25) is 0 Å². The first-order valence-electron chi connectivity index (χ1n) is 8.25. The molecule has 1 aliphatic carbocycles. The molecule has 0 radical (unpaired) electrons. The molecule has 2 aliphatic rings. The van der Waals surface area contributed by atoms with Crippen LogP contribution >= 0.6 is 24.0 Å². The number of furan rings is 1. The van der Waals surface area contributed by atoms with Crippen molar-refractivity contribution in [1.82, 2.24) is 4.90 Å². The third kappa shape index (κ3) is 3.16. The van der Waals surface area contributed by atoms with Crippen molar-refractivity contribution in [1.29, 1.82) is 0 Å². The summed E-state index contributed by atoms with van der Waals surface area (Å²) in [5.74, 6) is 0.572. The number of carbonyl (C=O) groups is 1. The number of nitrogens with zero attached hydrogens (tertiary/aromatic N) is 1. The molecule has 0 N–H and O–H groups in total. The maximum atomic E-state index is 13.9. The average molecular weight is 373 g/mol. The molecular formula is C19H16FNO2S2. The lowest BCUT2D eigenvalue weighted by atomic mass is 10.1. The molecule has 2 heterocycles. The number of thioether (sulfide) groups is 1. The molecule has 1 saturated carbocycles. The summed E-state index contributed by atoms with van der Waals surface area (Å²) in [6.45, 7) is 0. The van der Waals surface area contributed by atoms with Crippen LogP contribution in [0.1, 0.15) is 31.4 Å². The molecule has 1 aliphatic heterocycles. The van der Waals surface area contributed by atoms with Crippen LogP contribution in [0.15, 0.2) is 45.7 Å². The molecule has 0 spiro atoms. The third-order valence-electron chi connectivity index (χ3n) is 4.55. The minimum atomic E-state index is -0.337. The van der Waals surface area contributed by atoms with Crippen molar-refractivity contribution in [3.8, 4) is 11.3 Å². The molecule has 4 rings (SSSR count). The van der Waals surface area contributed by atoms with Gasteiger partial charge in [0, 0.05) is 12.1 Å². The summed E-state index contributed by atoms with van der Waals surface area (Å²) in [5.41, 5.74) is 0.403. The first-order valence-corrected chi connectivity index (χ1v) is 9.48. The van der Waals surface area contributed by atoms with Gasteiger partial charge in [-0.1, -0.05) is 49.0 Å². The van der Waals surface area contributed by atoms with Crippen molar-refractivity contribution >= 4 is 40.3 Å². The third-order valence-corrected chi connectivity index (χ3v) is 5.88. The molecule has 0 bridgehead atoms. The van der Waals surface area contributed by atoms with Gasteiger partial charge in [0.1, 0.15) is 21.7 Å². The van der Waals surface area contributed by atoms with Gasteiger partial charge in [0.25, 0.3) is 5.91 Å². The van der Waals surface area contributed by atoms with Gasteiger partial charge in [0.15, 0.2) is 0 Å². The number of benzene rings is 1. The Morgan fingerprint density at radius 1 is 1.20 bits per heavy atom. The monoisotopic (exact) mass is 373 g/mol. The molecule has 1 aromatic heterocycles. The fraction of sp³-hybridized carbons (Fsp3) is 0.263. The maximum Gasteiger partial charge on any atom is 0.266 e. The van der Waals surface area contributed by atoms with Crippen molar-refractivity contribution in [2.75, 3.05) is 0 Å². The molecule has 6 heteroatoms. The van der Waals surface area contributed by atoms with E-state index in [0.717, 1.165) is 25.7 Å². The van der Waals surface area contributed by atoms with Crippen molar-refractivity contribution in [3.05, 3.63) is 52.9 Å². The van der Waals surface area contributed by atoms with Crippen LogP contribution in [0.4, 0.5) is 4.39 Å². The second-order valence-corrected chi connectivity index (χ2v) is 7.85. The van der Waals surface area contributed by atoms with Gasteiger partial charge in [-0.05, 0) is 37.1 Å². The lowest BCUT2D eigenvalue weighted by molar-refractivity contribution is -0.123. The van der Waals surface area contributed by atoms with E-state index in [1.54, 1.807) is 41.3 Å². The van der Waals surface area contributed by atoms with E-state index in [9.17, 15) is 9.18 Å². The number of hydrogen-bond donors (Lipinski definition) is 0. The lowest BCUT2D eigenvalue weighted by Crippen LogP contribution is -2.36. The number of rotatable bonds is 3. The molecular weight excluding hydrogens is 357 g/mol. The van der Waals surface area contributed by atoms with E-state index in [1.165, 1.54) is 17.8 Å². The Kier molecular flexibility index (Phi) is 4.48. The van der Waals surface area contributed by atoms with E-state index < -0.39 is 0 Å². The molecule has 1 amide bonds. The van der Waals surface area contributed by atoms with Crippen LogP contribution in [-0.2, 0) is 4.79 Å². The Bertz CT molecular complexity index is 868. The fourth-order valence-electron chi connectivity index (χ4n) is 3.32. The quantitative estimate of drug-likeness (QED) is 0.545. The molecule has 1 aromatic carbocycles. The predicted octanol–water partition coefficient (Wildman–Crippen LogP) is 5.23. The minimum absolute atomic E-state index is 0.0502. The molecule has 0 atom stereocenters. The molecule has 25 heavy (non-hydrogen) atoms. The second-order valence-electron chi connectivity index (χ2n) is 6.17. The van der Waals surface area contributed by atoms with Crippen LogP contribution in [-0.4, -0.2) is 21.2 Å². The lowest BCUT2D eigenvalue weighted by Gasteiger charge is -2.21. The van der Waals surface area contributed by atoms with Crippen LogP contribution in [0, 0.1) is 5.82 Å². The topological polar surface area (TPSA) is 33.5 Å². The van der Waals surface area contributed by atoms with Crippen LogP contribution < -0.4 is 0 Å². The summed E-state index contributed by atoms with van der Waals surface area (Å²) >= 11 is 6.70. The summed E-state index contributed by atoms with van der Waals surface area (Å²) < 4.78 is 20.2. The number of hydrogen-bond acceptors (Lipinski definition) is 4. The Labute approximate surface area is 154 Å². The number of thiocarbonyl (C=S) groups is 1. The highest BCUT2D eigenvalue weighted by Crippen LogP contribution is 2.38. The van der Waals surface area contributed by atoms with E-state index in [4.69, 9.17) is 16.6 Å². The molecule has 2 fully saturated rings. The minimum Gasteiger partial charge on any atom is -0.457 e. The van der Waals surface area contributed by atoms with Gasteiger partial charge in [-0.2, -0.15) is 0 Å². The first-order chi connectivity index (χ1) is 12.1. The fourth-order valence-corrected chi connectivity index (χ4v) is 4.70. The van der Waals surface area contributed by atoms with Gasteiger partial charge >= 0.3 is 0 Å². The molecule has 3 nitrogen and oxygen atoms in total. The van der Waals surface area contributed by atoms with Crippen LogP contribution in [0.5, 0.6) is 0 Å².